The zero-order valence-corrected chi connectivity index (χ0v) is 14.9. The van der Waals surface area contributed by atoms with E-state index in [4.69, 9.17) is 4.74 Å². The second-order valence-corrected chi connectivity index (χ2v) is 6.50. The van der Waals surface area contributed by atoms with Crippen molar-refractivity contribution in [1.82, 2.24) is 20.4 Å². The predicted octanol–water partition coefficient (Wildman–Crippen LogP) is 2.10. The van der Waals surface area contributed by atoms with Crippen molar-refractivity contribution >= 4 is 5.91 Å². The monoisotopic (exact) mass is 342 g/mol. The number of methoxy groups -OCH3 is 1. The summed E-state index contributed by atoms with van der Waals surface area (Å²) in [5.74, 6) is 0.725. The van der Waals surface area contributed by atoms with Crippen LogP contribution in [-0.2, 0) is 6.42 Å². The van der Waals surface area contributed by atoms with Gasteiger partial charge < -0.3 is 15.4 Å². The first-order valence-electron chi connectivity index (χ1n) is 8.85. The van der Waals surface area contributed by atoms with Gasteiger partial charge in [-0.15, -0.1) is 0 Å². The van der Waals surface area contributed by atoms with Crippen molar-refractivity contribution < 1.29 is 9.53 Å². The number of hydrogen-bond donors (Lipinski definition) is 2. The second kappa shape index (κ2) is 8.16. The summed E-state index contributed by atoms with van der Waals surface area (Å²) >= 11 is 0. The Morgan fingerprint density at radius 3 is 3.08 bits per heavy atom. The molecule has 25 heavy (non-hydrogen) atoms. The zero-order chi connectivity index (χ0) is 17.6. The van der Waals surface area contributed by atoms with Crippen molar-refractivity contribution in [2.45, 2.75) is 32.2 Å². The molecule has 1 aliphatic heterocycles. The zero-order valence-electron chi connectivity index (χ0n) is 14.9. The van der Waals surface area contributed by atoms with Gasteiger partial charge in [0.2, 0.25) is 0 Å². The van der Waals surface area contributed by atoms with Crippen LogP contribution in [-0.4, -0.2) is 42.4 Å². The lowest BCUT2D eigenvalue weighted by atomic mass is 10.1. The minimum atomic E-state index is -0.130. The number of aromatic nitrogens is 2. The maximum absolute atomic E-state index is 12.3. The molecule has 2 aromatic rings. The quantitative estimate of drug-likeness (QED) is 0.844. The fourth-order valence-electron chi connectivity index (χ4n) is 3.23. The second-order valence-electron chi connectivity index (χ2n) is 6.50. The summed E-state index contributed by atoms with van der Waals surface area (Å²) in [5, 5.41) is 10.8. The Hall–Kier alpha value is -2.34. The van der Waals surface area contributed by atoms with Crippen LogP contribution >= 0.6 is 0 Å². The Bertz CT molecular complexity index is 720. The van der Waals surface area contributed by atoms with E-state index in [2.05, 4.69) is 21.8 Å². The van der Waals surface area contributed by atoms with Crippen LogP contribution in [0.4, 0.5) is 0 Å². The molecule has 0 aliphatic carbocycles. The highest BCUT2D eigenvalue weighted by molar-refractivity contribution is 5.92. The van der Waals surface area contributed by atoms with Gasteiger partial charge in [-0.05, 0) is 50.4 Å². The molecule has 0 radical (unpaired) electrons. The van der Waals surface area contributed by atoms with Gasteiger partial charge in [-0.1, -0.05) is 17.7 Å². The highest BCUT2D eigenvalue weighted by Crippen LogP contribution is 2.20. The van der Waals surface area contributed by atoms with E-state index in [1.165, 1.54) is 5.56 Å². The first kappa shape index (κ1) is 17.5. The molecule has 1 aliphatic rings. The van der Waals surface area contributed by atoms with Crippen LogP contribution in [0.25, 0.3) is 0 Å². The van der Waals surface area contributed by atoms with Crippen molar-refractivity contribution in [2.24, 2.45) is 0 Å². The fourth-order valence-corrected chi connectivity index (χ4v) is 3.23. The van der Waals surface area contributed by atoms with E-state index >= 15 is 0 Å². The first-order chi connectivity index (χ1) is 12.2. The molecule has 3 rings (SSSR count). The number of rotatable bonds is 6. The Morgan fingerprint density at radius 2 is 2.32 bits per heavy atom. The molecule has 0 bridgehead atoms. The number of piperidine rings is 1. The molecule has 1 atom stereocenters. The molecule has 6 nitrogen and oxygen atoms in total. The van der Waals surface area contributed by atoms with Crippen molar-refractivity contribution in [3.63, 3.8) is 0 Å². The minimum absolute atomic E-state index is 0.130. The molecule has 134 valence electrons. The van der Waals surface area contributed by atoms with Gasteiger partial charge in [-0.2, -0.15) is 5.10 Å². The number of ether oxygens (including phenoxy) is 1. The van der Waals surface area contributed by atoms with Gasteiger partial charge in [0, 0.05) is 19.3 Å². The van der Waals surface area contributed by atoms with Gasteiger partial charge in [0.1, 0.15) is 11.4 Å². The van der Waals surface area contributed by atoms with Crippen LogP contribution in [0.15, 0.2) is 30.5 Å². The van der Waals surface area contributed by atoms with Crippen molar-refractivity contribution in [3.05, 3.63) is 47.3 Å². The summed E-state index contributed by atoms with van der Waals surface area (Å²) in [6, 6.07) is 8.21. The van der Waals surface area contributed by atoms with E-state index in [1.807, 2.05) is 29.9 Å². The Morgan fingerprint density at radius 1 is 1.44 bits per heavy atom. The lowest BCUT2D eigenvalue weighted by molar-refractivity contribution is 0.0947. The molecule has 1 aromatic carbocycles. The molecule has 2 N–H and O–H groups in total. The van der Waals surface area contributed by atoms with Crippen LogP contribution in [0.2, 0.25) is 0 Å². The highest BCUT2D eigenvalue weighted by Gasteiger charge is 2.17. The molecule has 0 saturated carbocycles. The largest absolute Gasteiger partial charge is 0.496 e. The van der Waals surface area contributed by atoms with Crippen LogP contribution in [0.3, 0.4) is 0 Å². The number of carbonyl (C=O) groups excluding carboxylic acids is 1. The summed E-state index contributed by atoms with van der Waals surface area (Å²) in [6.07, 6.45) is 4.87. The standard InChI is InChI=1S/C19H26N4O2/c1-14-5-6-18(25-2)15(12-14)7-10-21-19(24)17-8-11-23(22-17)16-4-3-9-20-13-16/h5-6,8,11-12,16,20H,3-4,7,9-10,13H2,1-2H3,(H,21,24). The third-order valence-corrected chi connectivity index (χ3v) is 4.60. The van der Waals surface area contributed by atoms with Gasteiger partial charge in [0.15, 0.2) is 0 Å². The number of carbonyl (C=O) groups is 1. The third-order valence-electron chi connectivity index (χ3n) is 4.60. The van der Waals surface area contributed by atoms with Gasteiger partial charge in [0.05, 0.1) is 13.2 Å². The number of aryl methyl sites for hydroxylation is 1. The SMILES string of the molecule is COc1ccc(C)cc1CCNC(=O)c1ccn(C2CCCNC2)n1. The third kappa shape index (κ3) is 4.39. The van der Waals surface area contributed by atoms with Crippen molar-refractivity contribution in [1.29, 1.82) is 0 Å². The van der Waals surface area contributed by atoms with Crippen LogP contribution in [0, 0.1) is 6.92 Å². The molecular weight excluding hydrogens is 316 g/mol. The molecular formula is C19H26N4O2. The molecule has 1 amide bonds. The molecule has 1 saturated heterocycles. The smallest absolute Gasteiger partial charge is 0.271 e. The normalized spacial score (nSPS) is 17.3. The predicted molar refractivity (Wildman–Crippen MR) is 97.1 cm³/mol. The van der Waals surface area contributed by atoms with Gasteiger partial charge in [-0.25, -0.2) is 0 Å². The summed E-state index contributed by atoms with van der Waals surface area (Å²) in [5.41, 5.74) is 2.75. The van der Waals surface area contributed by atoms with E-state index in [9.17, 15) is 4.79 Å². The Balaban J connectivity index is 1.54. The average Bonchev–Trinajstić information content (AvgIpc) is 3.13. The number of hydrogen-bond acceptors (Lipinski definition) is 4. The first-order valence-corrected chi connectivity index (χ1v) is 8.85. The van der Waals surface area contributed by atoms with Gasteiger partial charge in [0.25, 0.3) is 5.91 Å². The van der Waals surface area contributed by atoms with Crippen molar-refractivity contribution in [3.8, 4) is 5.75 Å². The molecule has 0 spiro atoms. The van der Waals surface area contributed by atoms with E-state index in [0.717, 1.165) is 43.7 Å². The average molecular weight is 342 g/mol. The highest BCUT2D eigenvalue weighted by atomic mass is 16.5. The topological polar surface area (TPSA) is 68.2 Å². The summed E-state index contributed by atoms with van der Waals surface area (Å²) < 4.78 is 7.29. The Labute approximate surface area is 148 Å². The lowest BCUT2D eigenvalue weighted by Crippen LogP contribution is -2.32. The molecule has 1 fully saturated rings. The molecule has 2 heterocycles. The molecule has 1 aromatic heterocycles. The van der Waals surface area contributed by atoms with Crippen molar-refractivity contribution in [2.75, 3.05) is 26.7 Å². The van der Waals surface area contributed by atoms with E-state index in [1.54, 1.807) is 13.2 Å². The number of nitrogens with zero attached hydrogens (tertiary/aromatic N) is 2. The molecule has 6 heteroatoms. The Kier molecular flexibility index (Phi) is 5.71. The summed E-state index contributed by atoms with van der Waals surface area (Å²) in [7, 11) is 1.67. The van der Waals surface area contributed by atoms with E-state index < -0.39 is 0 Å². The van der Waals surface area contributed by atoms with E-state index in [-0.39, 0.29) is 5.91 Å². The summed E-state index contributed by atoms with van der Waals surface area (Å²) in [6.45, 7) is 4.58. The van der Waals surface area contributed by atoms with Crippen LogP contribution in [0.5, 0.6) is 5.75 Å². The van der Waals surface area contributed by atoms with Crippen LogP contribution in [0.1, 0.15) is 40.5 Å². The summed E-state index contributed by atoms with van der Waals surface area (Å²) in [4.78, 5) is 12.3. The van der Waals surface area contributed by atoms with Gasteiger partial charge >= 0.3 is 0 Å². The maximum Gasteiger partial charge on any atom is 0.271 e. The van der Waals surface area contributed by atoms with Crippen LogP contribution < -0.4 is 15.4 Å². The number of benzene rings is 1. The number of amides is 1. The minimum Gasteiger partial charge on any atom is -0.496 e. The fraction of sp³-hybridized carbons (Fsp3) is 0.474. The number of nitrogens with one attached hydrogen (secondary N) is 2. The maximum atomic E-state index is 12.3. The molecule has 1 unspecified atom stereocenters. The van der Waals surface area contributed by atoms with E-state index in [0.29, 0.717) is 18.3 Å². The lowest BCUT2D eigenvalue weighted by Gasteiger charge is -2.22. The van der Waals surface area contributed by atoms with Gasteiger partial charge in [-0.3, -0.25) is 9.48 Å².